The van der Waals surface area contributed by atoms with Crippen molar-refractivity contribution in [3.8, 4) is 0 Å². The van der Waals surface area contributed by atoms with Crippen LogP contribution in [0.25, 0.3) is 0 Å². The van der Waals surface area contributed by atoms with E-state index < -0.39 is 66.3 Å². The number of hydrogen-bond donors (Lipinski definition) is 1. The monoisotopic (exact) mass is 567 g/mol. The molecule has 0 spiro atoms. The van der Waals surface area contributed by atoms with E-state index in [4.69, 9.17) is 23.7 Å². The fourth-order valence-corrected chi connectivity index (χ4v) is 4.11. The molecule has 5 atom stereocenters. The minimum absolute atomic E-state index is 0.0741. The Balaban J connectivity index is 2.20. The van der Waals surface area contributed by atoms with E-state index in [-0.39, 0.29) is 37.1 Å². The third-order valence-corrected chi connectivity index (χ3v) is 5.73. The Kier molecular flexibility index (Phi) is 12.0. The molecule has 0 aromatic heterocycles. The molecule has 1 N–H and O–H groups in total. The van der Waals surface area contributed by atoms with Gasteiger partial charge in [-0.1, -0.05) is 0 Å². The molecule has 14 nitrogen and oxygen atoms in total. The van der Waals surface area contributed by atoms with Crippen molar-refractivity contribution >= 4 is 35.8 Å². The van der Waals surface area contributed by atoms with Crippen molar-refractivity contribution < 1.29 is 62.4 Å². The van der Waals surface area contributed by atoms with Crippen LogP contribution >= 0.6 is 0 Å². The molecule has 5 unspecified atom stereocenters. The second-order valence-electron chi connectivity index (χ2n) is 8.88. The van der Waals surface area contributed by atoms with Crippen LogP contribution < -0.4 is 0 Å². The van der Waals surface area contributed by atoms with Gasteiger partial charge < -0.3 is 28.4 Å². The van der Waals surface area contributed by atoms with Crippen molar-refractivity contribution in [2.24, 2.45) is 0 Å². The number of carbonyl (C=O) groups is 6. The molecule has 1 saturated heterocycles. The van der Waals surface area contributed by atoms with Crippen LogP contribution in [0.3, 0.4) is 0 Å². The van der Waals surface area contributed by atoms with Gasteiger partial charge in [-0.25, -0.2) is 9.86 Å². The van der Waals surface area contributed by atoms with Crippen LogP contribution in [0.15, 0.2) is 24.3 Å². The number of hydroxylamine groups is 2. The average Bonchev–Trinajstić information content (AvgIpc) is 2.89. The lowest BCUT2D eigenvalue weighted by Crippen LogP contribution is -2.62. The summed E-state index contributed by atoms with van der Waals surface area (Å²) in [6.45, 7) is 4.01. The Morgan fingerprint density at radius 3 is 1.77 bits per heavy atom. The minimum Gasteiger partial charge on any atom is -0.465 e. The number of rotatable bonds is 11. The van der Waals surface area contributed by atoms with Crippen LogP contribution in [-0.2, 0) is 47.6 Å². The highest BCUT2D eigenvalue weighted by atomic mass is 16.7. The first-order valence-corrected chi connectivity index (χ1v) is 12.3. The quantitative estimate of drug-likeness (QED) is 0.174. The van der Waals surface area contributed by atoms with Gasteiger partial charge in [-0.2, -0.15) is 0 Å². The topological polar surface area (TPSA) is 181 Å². The highest BCUT2D eigenvalue weighted by molar-refractivity contribution is 5.95. The number of nitrogens with zero attached hydrogens (tertiary/aromatic N) is 1. The van der Waals surface area contributed by atoms with Crippen molar-refractivity contribution in [2.45, 2.75) is 71.1 Å². The van der Waals surface area contributed by atoms with Crippen molar-refractivity contribution in [3.63, 3.8) is 0 Å². The molecule has 1 amide bonds. The standard InChI is InChI=1S/C26H33NO13/c1-14(28)36-13-21-23(38-16(3)30)24(39-17(4)31)22(37-15(2)29)20(40-21)7-6-12-27(34)25(32)18-8-10-19(11-9-18)26(33)35-5/h8-11,20-24,34H,6-7,12-13H2,1-5H3. The lowest BCUT2D eigenvalue weighted by Gasteiger charge is -2.44. The first kappa shape index (κ1) is 32.2. The van der Waals surface area contributed by atoms with Gasteiger partial charge in [-0.05, 0) is 37.1 Å². The van der Waals surface area contributed by atoms with Crippen LogP contribution in [0.1, 0.15) is 61.3 Å². The van der Waals surface area contributed by atoms with Crippen molar-refractivity contribution in [1.82, 2.24) is 5.06 Å². The fraction of sp³-hybridized carbons (Fsp3) is 0.538. The van der Waals surface area contributed by atoms with E-state index >= 15 is 0 Å². The number of esters is 5. The maximum absolute atomic E-state index is 12.6. The Morgan fingerprint density at radius 1 is 0.775 bits per heavy atom. The average molecular weight is 568 g/mol. The van der Waals surface area contributed by atoms with Gasteiger partial charge in [0.25, 0.3) is 5.91 Å². The Bertz CT molecular complexity index is 1090. The first-order valence-electron chi connectivity index (χ1n) is 12.3. The molecular weight excluding hydrogens is 534 g/mol. The normalized spacial score (nSPS) is 21.9. The second kappa shape index (κ2) is 14.9. The van der Waals surface area contributed by atoms with Crippen LogP contribution in [-0.4, -0.2) is 96.8 Å². The molecule has 1 aliphatic rings. The Morgan fingerprint density at radius 2 is 1.27 bits per heavy atom. The molecule has 0 aliphatic carbocycles. The number of methoxy groups -OCH3 is 1. The van der Waals surface area contributed by atoms with Crippen LogP contribution in [0.2, 0.25) is 0 Å². The fourth-order valence-electron chi connectivity index (χ4n) is 4.11. The largest absolute Gasteiger partial charge is 0.465 e. The zero-order valence-corrected chi connectivity index (χ0v) is 22.8. The highest BCUT2D eigenvalue weighted by Gasteiger charge is 2.51. The van der Waals surface area contributed by atoms with E-state index in [1.165, 1.54) is 38.3 Å². The number of amides is 1. The summed E-state index contributed by atoms with van der Waals surface area (Å²) in [5.41, 5.74) is 0.342. The molecule has 14 heteroatoms. The van der Waals surface area contributed by atoms with Gasteiger partial charge in [0.1, 0.15) is 12.7 Å². The third-order valence-electron chi connectivity index (χ3n) is 5.73. The van der Waals surface area contributed by atoms with Crippen LogP contribution in [0.4, 0.5) is 0 Å². The van der Waals surface area contributed by atoms with Gasteiger partial charge in [0, 0.05) is 39.8 Å². The highest BCUT2D eigenvalue weighted by Crippen LogP contribution is 2.31. The number of hydrogen-bond acceptors (Lipinski definition) is 13. The van der Waals surface area contributed by atoms with Gasteiger partial charge in [0.05, 0.1) is 18.8 Å². The summed E-state index contributed by atoms with van der Waals surface area (Å²) >= 11 is 0. The van der Waals surface area contributed by atoms with Crippen LogP contribution in [0, 0.1) is 0 Å². The molecule has 1 fully saturated rings. The summed E-state index contributed by atoms with van der Waals surface area (Å²) in [7, 11) is 1.22. The van der Waals surface area contributed by atoms with Gasteiger partial charge in [-0.3, -0.25) is 29.2 Å². The SMILES string of the molecule is COC(=O)c1ccc(C(=O)N(O)CCCC2OC(COC(C)=O)C(OC(C)=O)C(OC(C)=O)C2OC(C)=O)cc1. The van der Waals surface area contributed by atoms with Gasteiger partial charge >= 0.3 is 29.8 Å². The van der Waals surface area contributed by atoms with E-state index in [0.29, 0.717) is 5.06 Å². The Hall–Kier alpha value is -4.04. The molecule has 0 saturated carbocycles. The molecular formula is C26H33NO13. The van der Waals surface area contributed by atoms with Gasteiger partial charge in [0.15, 0.2) is 18.3 Å². The molecule has 0 bridgehead atoms. The summed E-state index contributed by atoms with van der Waals surface area (Å²) in [5, 5.41) is 10.8. The molecule has 0 radical (unpaired) electrons. The Labute approximate surface area is 230 Å². The van der Waals surface area contributed by atoms with E-state index in [1.807, 2.05) is 0 Å². The summed E-state index contributed by atoms with van der Waals surface area (Å²) in [4.78, 5) is 71.3. The number of carbonyl (C=O) groups excluding carboxylic acids is 6. The zero-order valence-electron chi connectivity index (χ0n) is 22.8. The number of ether oxygens (including phenoxy) is 6. The van der Waals surface area contributed by atoms with Crippen molar-refractivity contribution in [2.75, 3.05) is 20.3 Å². The summed E-state index contributed by atoms with van der Waals surface area (Å²) < 4.78 is 31.7. The first-order chi connectivity index (χ1) is 18.8. The second-order valence-corrected chi connectivity index (χ2v) is 8.88. The van der Waals surface area contributed by atoms with E-state index in [0.717, 1.165) is 20.8 Å². The molecule has 2 rings (SSSR count). The maximum atomic E-state index is 12.6. The summed E-state index contributed by atoms with van der Waals surface area (Å²) in [5.74, 6) is -4.18. The molecule has 220 valence electrons. The van der Waals surface area contributed by atoms with Gasteiger partial charge in [-0.15, -0.1) is 0 Å². The van der Waals surface area contributed by atoms with Crippen molar-refractivity contribution in [3.05, 3.63) is 35.4 Å². The molecule has 1 aliphatic heterocycles. The molecule has 1 aromatic carbocycles. The summed E-state index contributed by atoms with van der Waals surface area (Å²) in [6.07, 6.45) is -5.67. The predicted octanol–water partition coefficient (Wildman–Crippen LogP) is 1.21. The summed E-state index contributed by atoms with van der Waals surface area (Å²) in [6, 6.07) is 5.48. The lowest BCUT2D eigenvalue weighted by molar-refractivity contribution is -0.253. The lowest BCUT2D eigenvalue weighted by atomic mass is 9.92. The van der Waals surface area contributed by atoms with E-state index in [9.17, 15) is 34.0 Å². The molecule has 40 heavy (non-hydrogen) atoms. The smallest absolute Gasteiger partial charge is 0.337 e. The third kappa shape index (κ3) is 9.31. The molecule has 1 heterocycles. The zero-order chi connectivity index (χ0) is 30.0. The maximum Gasteiger partial charge on any atom is 0.337 e. The number of benzene rings is 1. The van der Waals surface area contributed by atoms with E-state index in [1.54, 1.807) is 0 Å². The van der Waals surface area contributed by atoms with Gasteiger partial charge in [0.2, 0.25) is 0 Å². The van der Waals surface area contributed by atoms with Crippen LogP contribution in [0.5, 0.6) is 0 Å². The van der Waals surface area contributed by atoms with E-state index in [2.05, 4.69) is 4.74 Å². The van der Waals surface area contributed by atoms with Crippen molar-refractivity contribution in [1.29, 1.82) is 0 Å². The minimum atomic E-state index is -1.30. The predicted molar refractivity (Wildman–Crippen MR) is 132 cm³/mol. The molecule has 1 aromatic rings.